The van der Waals surface area contributed by atoms with Crippen molar-refractivity contribution in [3.63, 3.8) is 0 Å². The Morgan fingerprint density at radius 2 is 2.05 bits per heavy atom. The van der Waals surface area contributed by atoms with Crippen LogP contribution < -0.4 is 4.74 Å². The molecule has 0 bridgehead atoms. The van der Waals surface area contributed by atoms with Gasteiger partial charge in [0.2, 0.25) is 0 Å². The molecule has 1 aromatic rings. The van der Waals surface area contributed by atoms with Gasteiger partial charge in [-0.15, -0.1) is 0 Å². The molecule has 4 rings (SSSR count). The summed E-state index contributed by atoms with van der Waals surface area (Å²) in [4.78, 5) is 12.3. The smallest absolute Gasteiger partial charge is 0.160 e. The van der Waals surface area contributed by atoms with Gasteiger partial charge in [0.05, 0.1) is 7.11 Å². The quantitative estimate of drug-likeness (QED) is 0.857. The summed E-state index contributed by atoms with van der Waals surface area (Å²) in [6.45, 7) is 2.20. The summed E-state index contributed by atoms with van der Waals surface area (Å²) in [6.07, 6.45) is 6.10. The van der Waals surface area contributed by atoms with Gasteiger partial charge in [0.15, 0.2) is 11.5 Å². The van der Waals surface area contributed by atoms with Crippen LogP contribution in [-0.4, -0.2) is 18.0 Å². The number of rotatable bonds is 1. The van der Waals surface area contributed by atoms with Gasteiger partial charge in [-0.2, -0.15) is 0 Å². The van der Waals surface area contributed by atoms with E-state index in [2.05, 4.69) is 6.92 Å². The summed E-state index contributed by atoms with van der Waals surface area (Å²) in [7, 11) is 1.61. The van der Waals surface area contributed by atoms with Gasteiger partial charge in [-0.25, -0.2) is 0 Å². The fourth-order valence-electron chi connectivity index (χ4n) is 5.52. The molecule has 0 saturated heterocycles. The van der Waals surface area contributed by atoms with E-state index in [1.807, 2.05) is 12.1 Å². The van der Waals surface area contributed by atoms with E-state index in [1.165, 1.54) is 11.1 Å². The second-order valence-electron chi connectivity index (χ2n) is 7.56. The molecule has 3 heteroatoms. The molecule has 0 radical (unpaired) electrons. The number of ether oxygens (including phenoxy) is 1. The number of aromatic hydroxyl groups is 1. The first-order valence-corrected chi connectivity index (χ1v) is 8.47. The molecular weight excluding hydrogens is 276 g/mol. The van der Waals surface area contributed by atoms with E-state index in [1.54, 1.807) is 7.11 Å². The average molecular weight is 300 g/mol. The summed E-state index contributed by atoms with van der Waals surface area (Å²) in [5.41, 5.74) is 2.56. The van der Waals surface area contributed by atoms with Crippen molar-refractivity contribution in [1.29, 1.82) is 0 Å². The van der Waals surface area contributed by atoms with Crippen LogP contribution in [-0.2, 0) is 11.2 Å². The maximum absolute atomic E-state index is 12.3. The summed E-state index contributed by atoms with van der Waals surface area (Å²) in [5, 5.41) is 10.0. The largest absolute Gasteiger partial charge is 0.504 e. The number of benzene rings is 1. The number of methoxy groups -OCH3 is 1. The van der Waals surface area contributed by atoms with Crippen LogP contribution in [0.1, 0.15) is 56.1 Å². The third-order valence-corrected chi connectivity index (χ3v) is 6.73. The van der Waals surface area contributed by atoms with Crippen LogP contribution in [0.25, 0.3) is 0 Å². The van der Waals surface area contributed by atoms with Gasteiger partial charge in [0, 0.05) is 11.8 Å². The lowest BCUT2D eigenvalue weighted by atomic mass is 9.55. The first-order valence-electron chi connectivity index (χ1n) is 8.47. The topological polar surface area (TPSA) is 46.5 Å². The summed E-state index contributed by atoms with van der Waals surface area (Å²) in [6, 6.07) is 3.93. The third kappa shape index (κ3) is 1.77. The molecule has 3 aliphatic carbocycles. The van der Waals surface area contributed by atoms with Crippen LogP contribution in [0.15, 0.2) is 12.1 Å². The zero-order valence-electron chi connectivity index (χ0n) is 13.4. The normalized spacial score (nSPS) is 36.5. The standard InChI is InChI=1S/C19H24O3/c1-19-8-7-12-13(15(19)5-6-18(19)21)4-3-11-9-16(20)17(22-2)10-14(11)12/h9-10,12-13,15,20H,3-8H2,1-2H3/t12-,13-,15-,19+/m1/s1. The number of carbonyl (C=O) groups excluding carboxylic acids is 1. The van der Waals surface area contributed by atoms with Gasteiger partial charge < -0.3 is 9.84 Å². The highest BCUT2D eigenvalue weighted by atomic mass is 16.5. The molecule has 0 amide bonds. The highest BCUT2D eigenvalue weighted by Gasteiger charge is 2.54. The van der Waals surface area contributed by atoms with Gasteiger partial charge in [0.1, 0.15) is 5.78 Å². The van der Waals surface area contributed by atoms with Crippen molar-refractivity contribution in [3.8, 4) is 11.5 Å². The lowest BCUT2D eigenvalue weighted by Crippen LogP contribution is -2.42. The van der Waals surface area contributed by atoms with E-state index in [-0.39, 0.29) is 11.2 Å². The number of ketones is 1. The number of Topliss-reactive ketones (excluding diaryl/α,β-unsaturated/α-hetero) is 1. The Balaban J connectivity index is 1.74. The highest BCUT2D eigenvalue weighted by Crippen LogP contribution is 2.60. The highest BCUT2D eigenvalue weighted by molar-refractivity contribution is 5.87. The van der Waals surface area contributed by atoms with E-state index < -0.39 is 0 Å². The zero-order valence-corrected chi connectivity index (χ0v) is 13.4. The second kappa shape index (κ2) is 4.74. The number of hydrogen-bond donors (Lipinski definition) is 1. The predicted molar refractivity (Wildman–Crippen MR) is 84.3 cm³/mol. The van der Waals surface area contributed by atoms with Crippen LogP contribution in [0, 0.1) is 17.3 Å². The van der Waals surface area contributed by atoms with Crippen LogP contribution in [0.5, 0.6) is 11.5 Å². The van der Waals surface area contributed by atoms with Gasteiger partial charge >= 0.3 is 0 Å². The number of fused-ring (bicyclic) bond motifs is 5. The molecular formula is C19H24O3. The SMILES string of the molecule is COc1cc2c(cc1O)CC[C@H]1[C@H]3CCC(=O)[C@@]3(C)CC[C@@H]21. The Morgan fingerprint density at radius 3 is 2.82 bits per heavy atom. The Bertz CT molecular complexity index is 636. The molecule has 3 nitrogen and oxygen atoms in total. The molecule has 2 saturated carbocycles. The van der Waals surface area contributed by atoms with E-state index in [9.17, 15) is 9.90 Å². The van der Waals surface area contributed by atoms with Crippen molar-refractivity contribution in [1.82, 2.24) is 0 Å². The van der Waals surface area contributed by atoms with Gasteiger partial charge in [-0.3, -0.25) is 4.79 Å². The molecule has 2 fully saturated rings. The van der Waals surface area contributed by atoms with Crippen LogP contribution in [0.3, 0.4) is 0 Å². The Labute approximate surface area is 131 Å². The summed E-state index contributed by atoms with van der Waals surface area (Å²) >= 11 is 0. The molecule has 0 heterocycles. The molecule has 1 N–H and O–H groups in total. The zero-order chi connectivity index (χ0) is 15.5. The third-order valence-electron chi connectivity index (χ3n) is 6.73. The number of hydrogen-bond acceptors (Lipinski definition) is 3. The van der Waals surface area contributed by atoms with Crippen molar-refractivity contribution in [2.75, 3.05) is 7.11 Å². The summed E-state index contributed by atoms with van der Waals surface area (Å²) < 4.78 is 5.31. The van der Waals surface area contributed by atoms with E-state index >= 15 is 0 Å². The Morgan fingerprint density at radius 1 is 1.23 bits per heavy atom. The van der Waals surface area contributed by atoms with E-state index in [0.717, 1.165) is 38.5 Å². The molecule has 118 valence electrons. The van der Waals surface area contributed by atoms with Crippen molar-refractivity contribution in [3.05, 3.63) is 23.3 Å². The van der Waals surface area contributed by atoms with Crippen molar-refractivity contribution in [2.45, 2.75) is 51.4 Å². The number of carbonyl (C=O) groups is 1. The molecule has 0 spiro atoms. The van der Waals surface area contributed by atoms with E-state index in [4.69, 9.17) is 4.74 Å². The van der Waals surface area contributed by atoms with Gasteiger partial charge in [-0.1, -0.05) is 6.92 Å². The van der Waals surface area contributed by atoms with Crippen molar-refractivity contribution >= 4 is 5.78 Å². The fourth-order valence-corrected chi connectivity index (χ4v) is 5.52. The average Bonchev–Trinajstić information content (AvgIpc) is 2.82. The molecule has 0 unspecified atom stereocenters. The monoisotopic (exact) mass is 300 g/mol. The number of phenols is 1. The fraction of sp³-hybridized carbons (Fsp3) is 0.632. The minimum Gasteiger partial charge on any atom is -0.504 e. The van der Waals surface area contributed by atoms with Crippen LogP contribution >= 0.6 is 0 Å². The Hall–Kier alpha value is -1.51. The minimum atomic E-state index is -0.0698. The molecule has 3 aliphatic rings. The molecule has 4 atom stereocenters. The number of phenolic OH excluding ortho intramolecular Hbond substituents is 1. The van der Waals surface area contributed by atoms with E-state index in [0.29, 0.717) is 29.3 Å². The first-order chi connectivity index (χ1) is 10.5. The van der Waals surface area contributed by atoms with Gasteiger partial charge in [-0.05, 0) is 73.1 Å². The number of aryl methyl sites for hydroxylation is 1. The van der Waals surface area contributed by atoms with Gasteiger partial charge in [0.25, 0.3) is 0 Å². The van der Waals surface area contributed by atoms with Crippen LogP contribution in [0.4, 0.5) is 0 Å². The predicted octanol–water partition coefficient (Wildman–Crippen LogP) is 3.83. The summed E-state index contributed by atoms with van der Waals surface area (Å²) in [5.74, 6) is 3.01. The Kier molecular flexibility index (Phi) is 3.04. The van der Waals surface area contributed by atoms with Crippen molar-refractivity contribution < 1.29 is 14.6 Å². The van der Waals surface area contributed by atoms with Crippen molar-refractivity contribution in [2.24, 2.45) is 17.3 Å². The lowest BCUT2D eigenvalue weighted by molar-refractivity contribution is -0.129. The molecule has 1 aromatic carbocycles. The van der Waals surface area contributed by atoms with Crippen LogP contribution in [0.2, 0.25) is 0 Å². The lowest BCUT2D eigenvalue weighted by Gasteiger charge is -2.48. The molecule has 22 heavy (non-hydrogen) atoms. The first kappa shape index (κ1) is 14.1. The maximum atomic E-state index is 12.3. The molecule has 0 aliphatic heterocycles. The molecule has 0 aromatic heterocycles. The minimum absolute atomic E-state index is 0.0698. The maximum Gasteiger partial charge on any atom is 0.160 e. The second-order valence-corrected chi connectivity index (χ2v) is 7.56.